The van der Waals surface area contributed by atoms with Crippen molar-refractivity contribution in [1.82, 2.24) is 10.2 Å². The zero-order chi connectivity index (χ0) is 32.6. The average Bonchev–Trinajstić information content (AvgIpc) is 3.04. The molecular weight excluding hydrogens is 590 g/mol. The highest BCUT2D eigenvalue weighted by molar-refractivity contribution is 7.92. The van der Waals surface area contributed by atoms with Gasteiger partial charge in [0.05, 0.1) is 24.8 Å². The van der Waals surface area contributed by atoms with Gasteiger partial charge in [-0.1, -0.05) is 68.1 Å². The molecule has 3 aromatic rings. The van der Waals surface area contributed by atoms with Crippen LogP contribution in [-0.4, -0.2) is 58.0 Å². The Morgan fingerprint density at radius 2 is 1.62 bits per heavy atom. The van der Waals surface area contributed by atoms with E-state index in [1.54, 1.807) is 24.3 Å². The predicted octanol–water partition coefficient (Wildman–Crippen LogP) is 5.77. The van der Waals surface area contributed by atoms with Crippen LogP contribution in [0.2, 0.25) is 0 Å². The summed E-state index contributed by atoms with van der Waals surface area (Å²) in [4.78, 5) is 29.8. The van der Waals surface area contributed by atoms with Crippen LogP contribution in [0.1, 0.15) is 62.1 Å². The third-order valence-corrected chi connectivity index (χ3v) is 10.3. The molecule has 9 nitrogen and oxygen atoms in total. The number of nitrogens with one attached hydrogen (secondary N) is 1. The van der Waals surface area contributed by atoms with E-state index in [0.717, 1.165) is 53.1 Å². The standard InChI is InChI=1S/C35H45N3O6S/c1-6-31(35(40)36-28-14-8-7-9-15-28)37(23-27-13-11-10-12-26(27)3)34(39)24-38(32-22-29(43-4)18-21-33(32)44-5)45(41,42)30-19-16-25(2)17-20-30/h10-13,16-22,28,31H,6-9,14-15,23-24H2,1-5H3,(H,36,40)/t31-/m0/s1. The van der Waals surface area contributed by atoms with Gasteiger partial charge in [-0.2, -0.15) is 0 Å². The highest BCUT2D eigenvalue weighted by Crippen LogP contribution is 2.36. The van der Waals surface area contributed by atoms with E-state index >= 15 is 0 Å². The molecule has 0 aromatic heterocycles. The van der Waals surface area contributed by atoms with Gasteiger partial charge in [-0.15, -0.1) is 0 Å². The second-order valence-corrected chi connectivity index (χ2v) is 13.4. The van der Waals surface area contributed by atoms with Gasteiger partial charge in [0.15, 0.2) is 0 Å². The van der Waals surface area contributed by atoms with Crippen molar-refractivity contribution in [3.8, 4) is 11.5 Å². The number of aryl methyl sites for hydroxylation is 2. The first-order chi connectivity index (χ1) is 21.6. The summed E-state index contributed by atoms with van der Waals surface area (Å²) < 4.78 is 40.6. The Bertz CT molecular complexity index is 1570. The molecule has 0 heterocycles. The number of benzene rings is 3. The summed E-state index contributed by atoms with van der Waals surface area (Å²) >= 11 is 0. The Kier molecular flexibility index (Phi) is 11.5. The SMILES string of the molecule is CC[C@@H](C(=O)NC1CCCCC1)N(Cc1ccccc1C)C(=O)CN(c1cc(OC)ccc1OC)S(=O)(=O)c1ccc(C)cc1. The van der Waals surface area contributed by atoms with E-state index in [2.05, 4.69) is 5.32 Å². The first kappa shape index (κ1) is 33.8. The van der Waals surface area contributed by atoms with E-state index < -0.39 is 28.5 Å². The van der Waals surface area contributed by atoms with Crippen LogP contribution in [0.3, 0.4) is 0 Å². The summed E-state index contributed by atoms with van der Waals surface area (Å²) in [7, 11) is -1.34. The lowest BCUT2D eigenvalue weighted by molar-refractivity contribution is -0.140. The van der Waals surface area contributed by atoms with Gasteiger partial charge in [0.1, 0.15) is 24.1 Å². The number of sulfonamides is 1. The smallest absolute Gasteiger partial charge is 0.264 e. The van der Waals surface area contributed by atoms with Crippen molar-refractivity contribution in [3.63, 3.8) is 0 Å². The maximum Gasteiger partial charge on any atom is 0.264 e. The van der Waals surface area contributed by atoms with Crippen LogP contribution in [0.15, 0.2) is 71.6 Å². The molecule has 3 aromatic carbocycles. The van der Waals surface area contributed by atoms with Crippen LogP contribution in [0, 0.1) is 13.8 Å². The Hall–Kier alpha value is -4.05. The van der Waals surface area contributed by atoms with Gasteiger partial charge in [0, 0.05) is 18.7 Å². The van der Waals surface area contributed by atoms with Crippen LogP contribution in [0.25, 0.3) is 0 Å². The molecular formula is C35H45N3O6S. The molecule has 0 aliphatic heterocycles. The topological polar surface area (TPSA) is 105 Å². The number of amides is 2. The quantitative estimate of drug-likeness (QED) is 0.256. The van der Waals surface area contributed by atoms with Gasteiger partial charge in [0.2, 0.25) is 11.8 Å². The second-order valence-electron chi connectivity index (χ2n) is 11.6. The van der Waals surface area contributed by atoms with E-state index in [1.807, 2.05) is 45.0 Å². The number of ether oxygens (including phenoxy) is 2. The fraction of sp³-hybridized carbons (Fsp3) is 0.429. The Labute approximate surface area is 267 Å². The number of anilines is 1. The molecule has 2 amide bonds. The third kappa shape index (κ3) is 8.16. The third-order valence-electron chi connectivity index (χ3n) is 8.48. The van der Waals surface area contributed by atoms with Crippen LogP contribution in [0.4, 0.5) is 5.69 Å². The lowest BCUT2D eigenvalue weighted by Crippen LogP contribution is -2.54. The van der Waals surface area contributed by atoms with E-state index in [4.69, 9.17) is 9.47 Å². The van der Waals surface area contributed by atoms with Gasteiger partial charge in [-0.3, -0.25) is 13.9 Å². The molecule has 1 N–H and O–H groups in total. The minimum atomic E-state index is -4.26. The Morgan fingerprint density at radius 3 is 2.24 bits per heavy atom. The highest BCUT2D eigenvalue weighted by Gasteiger charge is 2.35. The molecule has 45 heavy (non-hydrogen) atoms. The summed E-state index contributed by atoms with van der Waals surface area (Å²) in [5, 5.41) is 3.18. The molecule has 4 rings (SSSR count). The first-order valence-electron chi connectivity index (χ1n) is 15.5. The minimum absolute atomic E-state index is 0.0262. The van der Waals surface area contributed by atoms with Crippen LogP contribution in [-0.2, 0) is 26.2 Å². The maximum absolute atomic E-state index is 14.5. The molecule has 1 atom stereocenters. The molecule has 1 aliphatic carbocycles. The van der Waals surface area contributed by atoms with Gasteiger partial charge < -0.3 is 19.7 Å². The molecule has 10 heteroatoms. The molecule has 0 saturated heterocycles. The van der Waals surface area contributed by atoms with Gasteiger partial charge in [-0.05, 0) is 68.5 Å². The van der Waals surface area contributed by atoms with E-state index in [-0.39, 0.29) is 34.8 Å². The largest absolute Gasteiger partial charge is 0.497 e. The lowest BCUT2D eigenvalue weighted by Gasteiger charge is -2.35. The van der Waals surface area contributed by atoms with Crippen molar-refractivity contribution >= 4 is 27.5 Å². The summed E-state index contributed by atoms with van der Waals surface area (Å²) in [6, 6.07) is 18.2. The summed E-state index contributed by atoms with van der Waals surface area (Å²) in [5.41, 5.74) is 2.90. The van der Waals surface area contributed by atoms with Gasteiger partial charge >= 0.3 is 0 Å². The van der Waals surface area contributed by atoms with E-state index in [9.17, 15) is 18.0 Å². The van der Waals surface area contributed by atoms with Crippen LogP contribution in [0.5, 0.6) is 11.5 Å². The van der Waals surface area contributed by atoms with Crippen molar-refractivity contribution < 1.29 is 27.5 Å². The van der Waals surface area contributed by atoms with Gasteiger partial charge in [-0.25, -0.2) is 8.42 Å². The zero-order valence-corrected chi connectivity index (χ0v) is 27.7. The van der Waals surface area contributed by atoms with Crippen molar-refractivity contribution in [2.45, 2.75) is 82.8 Å². The number of methoxy groups -OCH3 is 2. The maximum atomic E-state index is 14.5. The fourth-order valence-electron chi connectivity index (χ4n) is 5.78. The summed E-state index contributed by atoms with van der Waals surface area (Å²) in [5.74, 6) is -0.0769. The van der Waals surface area contributed by atoms with Crippen molar-refractivity contribution in [2.24, 2.45) is 0 Å². The molecule has 1 saturated carbocycles. The second kappa shape index (κ2) is 15.3. The molecule has 0 spiro atoms. The highest BCUT2D eigenvalue weighted by atomic mass is 32.2. The van der Waals surface area contributed by atoms with Crippen molar-refractivity contribution in [1.29, 1.82) is 0 Å². The average molecular weight is 636 g/mol. The van der Waals surface area contributed by atoms with E-state index in [1.165, 1.54) is 37.3 Å². The normalized spacial score (nSPS) is 14.3. The number of carbonyl (C=O) groups excluding carboxylic acids is 2. The number of nitrogens with zero attached hydrogens (tertiary/aromatic N) is 2. The Balaban J connectivity index is 1.78. The molecule has 0 unspecified atom stereocenters. The predicted molar refractivity (Wildman–Crippen MR) is 176 cm³/mol. The number of hydrogen-bond donors (Lipinski definition) is 1. The summed E-state index contributed by atoms with van der Waals surface area (Å²) in [6.07, 6.45) is 5.45. The number of hydrogen-bond acceptors (Lipinski definition) is 6. The molecule has 0 bridgehead atoms. The number of rotatable bonds is 13. The molecule has 1 fully saturated rings. The fourth-order valence-corrected chi connectivity index (χ4v) is 7.19. The van der Waals surface area contributed by atoms with Crippen molar-refractivity contribution in [3.05, 3.63) is 83.4 Å². The minimum Gasteiger partial charge on any atom is -0.497 e. The first-order valence-corrected chi connectivity index (χ1v) is 17.0. The van der Waals surface area contributed by atoms with Crippen LogP contribution < -0.4 is 19.1 Å². The summed E-state index contributed by atoms with van der Waals surface area (Å²) in [6.45, 7) is 5.29. The van der Waals surface area contributed by atoms with Crippen molar-refractivity contribution in [2.75, 3.05) is 25.1 Å². The molecule has 1 aliphatic rings. The zero-order valence-electron chi connectivity index (χ0n) is 26.9. The number of carbonyl (C=O) groups is 2. The lowest BCUT2D eigenvalue weighted by atomic mass is 9.95. The molecule has 242 valence electrons. The molecule has 0 radical (unpaired) electrons. The van der Waals surface area contributed by atoms with Gasteiger partial charge in [0.25, 0.3) is 10.0 Å². The monoisotopic (exact) mass is 635 g/mol. The van der Waals surface area contributed by atoms with E-state index in [0.29, 0.717) is 12.2 Å². The Morgan fingerprint density at radius 1 is 0.933 bits per heavy atom. The van der Waals surface area contributed by atoms with Crippen LogP contribution >= 0.6 is 0 Å².